The van der Waals surface area contributed by atoms with Crippen molar-refractivity contribution >= 4 is 55.9 Å². The van der Waals surface area contributed by atoms with Gasteiger partial charge in [0, 0.05) is 35.8 Å². The topological polar surface area (TPSA) is 66.5 Å². The molecule has 3 atom stereocenters. The molecule has 0 aliphatic carbocycles. The number of urea groups is 1. The molecule has 2 amide bonds. The number of halogens is 3. The number of carbonyl (C=O) groups is 1. The fourth-order valence-electron chi connectivity index (χ4n) is 4.73. The normalized spacial score (nSPS) is 19.3. The summed E-state index contributed by atoms with van der Waals surface area (Å²) in [6.07, 6.45) is 4.12. The first-order valence-electron chi connectivity index (χ1n) is 12.2. The number of likely N-dealkylation sites (tertiary alicyclic amines) is 1. The number of anilines is 1. The van der Waals surface area contributed by atoms with E-state index in [-0.39, 0.29) is 11.1 Å². The van der Waals surface area contributed by atoms with E-state index in [1.54, 1.807) is 13.0 Å². The molecule has 36 heavy (non-hydrogen) atoms. The maximum Gasteiger partial charge on any atom is 0.321 e. The fraction of sp³-hybridized carbons (Fsp3) is 0.462. The average molecular weight is 554 g/mol. The number of amides is 2. The van der Waals surface area contributed by atoms with Crippen LogP contribution in [0.2, 0.25) is 10.0 Å². The number of hydrogen-bond acceptors (Lipinski definition) is 5. The monoisotopic (exact) mass is 552 g/mol. The number of rotatable bonds is 8. The first-order chi connectivity index (χ1) is 17.2. The lowest BCUT2D eigenvalue weighted by molar-refractivity contribution is 0.102. The molecule has 1 aromatic heterocycles. The van der Waals surface area contributed by atoms with Crippen LogP contribution in [0.25, 0.3) is 10.2 Å². The van der Waals surface area contributed by atoms with Crippen LogP contribution < -0.4 is 15.4 Å². The van der Waals surface area contributed by atoms with Gasteiger partial charge in [0.05, 0.1) is 15.2 Å². The van der Waals surface area contributed by atoms with Crippen LogP contribution in [0.3, 0.4) is 0 Å². The van der Waals surface area contributed by atoms with Gasteiger partial charge in [-0.3, -0.25) is 10.2 Å². The first kappa shape index (κ1) is 26.9. The van der Waals surface area contributed by atoms with E-state index < -0.39 is 11.9 Å². The Labute approximate surface area is 225 Å². The number of ether oxygens (including phenoxy) is 1. The van der Waals surface area contributed by atoms with E-state index in [4.69, 9.17) is 27.9 Å². The number of fused-ring (bicyclic) bond motifs is 1. The summed E-state index contributed by atoms with van der Waals surface area (Å²) in [5.41, 5.74) is 1.14. The van der Waals surface area contributed by atoms with Crippen molar-refractivity contribution in [2.24, 2.45) is 0 Å². The van der Waals surface area contributed by atoms with Crippen molar-refractivity contribution in [3.63, 3.8) is 0 Å². The summed E-state index contributed by atoms with van der Waals surface area (Å²) in [5, 5.41) is 6.54. The van der Waals surface area contributed by atoms with Gasteiger partial charge in [-0.2, -0.15) is 0 Å². The van der Waals surface area contributed by atoms with Crippen molar-refractivity contribution in [3.05, 3.63) is 51.8 Å². The van der Waals surface area contributed by atoms with Gasteiger partial charge in [-0.15, -0.1) is 0 Å². The quantitative estimate of drug-likeness (QED) is 0.222. The Hall–Kier alpha value is -2.13. The summed E-state index contributed by atoms with van der Waals surface area (Å²) in [6.45, 7) is 7.91. The van der Waals surface area contributed by atoms with E-state index >= 15 is 0 Å². The molecular formula is C26H31Cl2FN4O2S. The highest BCUT2D eigenvalue weighted by molar-refractivity contribution is 7.22. The van der Waals surface area contributed by atoms with Crippen molar-refractivity contribution in [3.8, 4) is 5.75 Å². The van der Waals surface area contributed by atoms with Gasteiger partial charge in [0.25, 0.3) is 0 Å². The van der Waals surface area contributed by atoms with Gasteiger partial charge >= 0.3 is 6.03 Å². The van der Waals surface area contributed by atoms with E-state index in [1.807, 2.05) is 12.1 Å². The number of nitrogens with one attached hydrogen (secondary N) is 2. The van der Waals surface area contributed by atoms with Gasteiger partial charge in [-0.1, -0.05) is 41.0 Å². The molecule has 2 N–H and O–H groups in total. The molecule has 6 nitrogen and oxygen atoms in total. The number of carbonyl (C=O) groups excluding carboxylic acids is 1. The van der Waals surface area contributed by atoms with Crippen molar-refractivity contribution in [1.29, 1.82) is 0 Å². The molecule has 1 aliphatic heterocycles. The number of piperidine rings is 1. The Morgan fingerprint density at radius 3 is 2.75 bits per heavy atom. The molecule has 1 fully saturated rings. The Bertz CT molecular complexity index is 1210. The largest absolute Gasteiger partial charge is 0.486 e. The minimum atomic E-state index is -0.564. The number of benzene rings is 2. The maximum absolute atomic E-state index is 13.9. The second-order valence-electron chi connectivity index (χ2n) is 9.27. The summed E-state index contributed by atoms with van der Waals surface area (Å²) < 4.78 is 20.7. The Kier molecular flexibility index (Phi) is 8.93. The molecule has 2 heterocycles. The summed E-state index contributed by atoms with van der Waals surface area (Å²) >= 11 is 13.7. The van der Waals surface area contributed by atoms with E-state index in [9.17, 15) is 9.18 Å². The maximum atomic E-state index is 13.9. The van der Waals surface area contributed by atoms with Crippen LogP contribution >= 0.6 is 34.5 Å². The van der Waals surface area contributed by atoms with Crippen LogP contribution in [0.1, 0.15) is 58.1 Å². The van der Waals surface area contributed by atoms with Crippen molar-refractivity contribution in [2.75, 3.05) is 18.4 Å². The SMILES string of the molecule is CC(Oc1ccc2nc(NC(=O)NCCCN3C(C)CCCC3C)sc2c1)c1c(Cl)ccc(F)c1Cl. The summed E-state index contributed by atoms with van der Waals surface area (Å²) in [6, 6.07) is 9.03. The van der Waals surface area contributed by atoms with E-state index in [0.29, 0.717) is 40.1 Å². The Morgan fingerprint density at radius 2 is 2.00 bits per heavy atom. The van der Waals surface area contributed by atoms with Gasteiger partial charge in [-0.05, 0) is 70.4 Å². The number of thiazole rings is 1. The molecule has 1 aliphatic rings. The molecule has 0 spiro atoms. The molecule has 0 saturated carbocycles. The number of aromatic nitrogens is 1. The zero-order valence-electron chi connectivity index (χ0n) is 20.6. The second kappa shape index (κ2) is 11.9. The van der Waals surface area contributed by atoms with Gasteiger partial charge in [-0.25, -0.2) is 14.2 Å². The van der Waals surface area contributed by atoms with Gasteiger partial charge in [0.2, 0.25) is 0 Å². The molecule has 3 unspecified atom stereocenters. The lowest BCUT2D eigenvalue weighted by Gasteiger charge is -2.39. The summed E-state index contributed by atoms with van der Waals surface area (Å²) in [4.78, 5) is 19.4. The van der Waals surface area contributed by atoms with Crippen LogP contribution in [0, 0.1) is 5.82 Å². The fourth-order valence-corrected chi connectivity index (χ4v) is 6.30. The highest BCUT2D eigenvalue weighted by Crippen LogP contribution is 2.36. The lowest BCUT2D eigenvalue weighted by atomic mass is 9.97. The molecule has 3 aromatic rings. The highest BCUT2D eigenvalue weighted by Gasteiger charge is 2.24. The minimum absolute atomic E-state index is 0.0497. The predicted molar refractivity (Wildman–Crippen MR) is 146 cm³/mol. The summed E-state index contributed by atoms with van der Waals surface area (Å²) in [5.74, 6) is 0.0150. The standard InChI is InChI=1S/C26H31Cl2FN4O2S/c1-15-6-4-7-16(2)33(15)13-5-12-30-25(34)32-26-31-21-11-8-18(14-22(21)36-26)35-17(3)23-19(27)9-10-20(29)24(23)28/h8-11,14-17H,4-7,12-13H2,1-3H3,(H2,30,31,32,34). The van der Waals surface area contributed by atoms with E-state index in [2.05, 4.69) is 34.4 Å². The zero-order chi connectivity index (χ0) is 25.8. The molecule has 2 aromatic carbocycles. The van der Waals surface area contributed by atoms with Gasteiger partial charge in [0.1, 0.15) is 17.7 Å². The third-order valence-electron chi connectivity index (χ3n) is 6.63. The second-order valence-corrected chi connectivity index (χ2v) is 11.1. The number of nitrogens with zero attached hydrogens (tertiary/aromatic N) is 2. The minimum Gasteiger partial charge on any atom is -0.486 e. The third kappa shape index (κ3) is 6.40. The molecule has 0 bridgehead atoms. The Morgan fingerprint density at radius 1 is 1.25 bits per heavy atom. The molecule has 194 valence electrons. The lowest BCUT2D eigenvalue weighted by Crippen LogP contribution is -2.45. The smallest absolute Gasteiger partial charge is 0.321 e. The summed E-state index contributed by atoms with van der Waals surface area (Å²) in [7, 11) is 0. The van der Waals surface area contributed by atoms with Crippen LogP contribution in [-0.4, -0.2) is 41.1 Å². The average Bonchev–Trinajstić information content (AvgIpc) is 3.22. The van der Waals surface area contributed by atoms with Crippen LogP contribution in [0.15, 0.2) is 30.3 Å². The molecule has 0 radical (unpaired) electrons. The van der Waals surface area contributed by atoms with Crippen LogP contribution in [0.5, 0.6) is 5.75 Å². The van der Waals surface area contributed by atoms with Crippen molar-refractivity contribution in [1.82, 2.24) is 15.2 Å². The van der Waals surface area contributed by atoms with Gasteiger partial charge in [0.15, 0.2) is 5.13 Å². The molecule has 4 rings (SSSR count). The van der Waals surface area contributed by atoms with Crippen LogP contribution in [0.4, 0.5) is 14.3 Å². The predicted octanol–water partition coefficient (Wildman–Crippen LogP) is 7.66. The Balaban J connectivity index is 1.31. The van der Waals surface area contributed by atoms with Crippen molar-refractivity contribution in [2.45, 2.75) is 64.6 Å². The van der Waals surface area contributed by atoms with Crippen molar-refractivity contribution < 1.29 is 13.9 Å². The van der Waals surface area contributed by atoms with E-state index in [1.165, 1.54) is 42.7 Å². The molecule has 1 saturated heterocycles. The highest BCUT2D eigenvalue weighted by atomic mass is 35.5. The van der Waals surface area contributed by atoms with Gasteiger partial charge < -0.3 is 10.1 Å². The van der Waals surface area contributed by atoms with Crippen LogP contribution in [-0.2, 0) is 0 Å². The molecule has 10 heteroatoms. The first-order valence-corrected chi connectivity index (χ1v) is 13.8. The zero-order valence-corrected chi connectivity index (χ0v) is 22.9. The van der Waals surface area contributed by atoms with E-state index in [0.717, 1.165) is 23.2 Å². The number of hydrogen-bond donors (Lipinski definition) is 2. The molecular weight excluding hydrogens is 522 g/mol. The third-order valence-corrected chi connectivity index (χ3v) is 8.28.